The Bertz CT molecular complexity index is 166. The minimum absolute atomic E-state index is 0.0576. The first-order valence-corrected chi connectivity index (χ1v) is 4.51. The minimum Gasteiger partial charge on any atom is -0.466 e. The molecule has 0 N–H and O–H groups in total. The molecule has 0 aromatic carbocycles. The van der Waals surface area contributed by atoms with E-state index in [9.17, 15) is 4.79 Å². The highest BCUT2D eigenvalue weighted by Crippen LogP contribution is 2.57. The molecule has 0 heterocycles. The number of carbonyl (C=O) groups excluding carboxylic acids is 1. The second kappa shape index (κ2) is 2.50. The van der Waals surface area contributed by atoms with E-state index >= 15 is 0 Å². The topological polar surface area (TPSA) is 26.3 Å². The predicted molar refractivity (Wildman–Crippen MR) is 41.0 cm³/mol. The maximum Gasteiger partial charge on any atom is 0.309 e. The summed E-state index contributed by atoms with van der Waals surface area (Å²) in [5.74, 6) is 1.76. The predicted octanol–water partition coefficient (Wildman–Crippen LogP) is 1.60. The molecule has 0 unspecified atom stereocenters. The van der Waals surface area contributed by atoms with Crippen LogP contribution < -0.4 is 0 Å². The minimum atomic E-state index is 0.0576. The number of esters is 1. The van der Waals surface area contributed by atoms with Crippen LogP contribution in [0.5, 0.6) is 0 Å². The third kappa shape index (κ3) is 1.05. The molecule has 0 spiro atoms. The fourth-order valence-electron chi connectivity index (χ4n) is 2.41. The van der Waals surface area contributed by atoms with Crippen LogP contribution in [0.2, 0.25) is 0 Å². The van der Waals surface area contributed by atoms with E-state index in [2.05, 4.69) is 0 Å². The van der Waals surface area contributed by atoms with Crippen LogP contribution in [-0.4, -0.2) is 12.6 Å². The van der Waals surface area contributed by atoms with Gasteiger partial charge in [-0.15, -0.1) is 0 Å². The first-order chi connectivity index (χ1) is 5.34. The van der Waals surface area contributed by atoms with Crippen molar-refractivity contribution in [2.45, 2.75) is 26.2 Å². The zero-order valence-electron chi connectivity index (χ0n) is 6.88. The van der Waals surface area contributed by atoms with Crippen molar-refractivity contribution < 1.29 is 9.53 Å². The van der Waals surface area contributed by atoms with E-state index in [4.69, 9.17) is 4.74 Å². The van der Waals surface area contributed by atoms with Crippen molar-refractivity contribution in [2.24, 2.45) is 17.8 Å². The summed E-state index contributed by atoms with van der Waals surface area (Å²) in [4.78, 5) is 11.2. The summed E-state index contributed by atoms with van der Waals surface area (Å²) in [6.45, 7) is 2.41. The van der Waals surface area contributed by atoms with Gasteiger partial charge < -0.3 is 4.74 Å². The van der Waals surface area contributed by atoms with Gasteiger partial charge in [0, 0.05) is 0 Å². The third-order valence-corrected chi connectivity index (χ3v) is 2.97. The number of hydrogen-bond donors (Lipinski definition) is 0. The second-order valence-electron chi connectivity index (χ2n) is 3.54. The highest BCUT2D eigenvalue weighted by atomic mass is 16.5. The van der Waals surface area contributed by atoms with Gasteiger partial charge in [0.15, 0.2) is 0 Å². The standard InChI is InChI=1S/C9H14O2/c1-2-11-9(10)8-6-4-3-5-7(6)8/h6-8H,2-5H2,1H3/t6-,7-/m1/s1. The van der Waals surface area contributed by atoms with Gasteiger partial charge in [-0.25, -0.2) is 0 Å². The average molecular weight is 154 g/mol. The molecule has 0 radical (unpaired) electrons. The van der Waals surface area contributed by atoms with Gasteiger partial charge in [-0.1, -0.05) is 6.42 Å². The lowest BCUT2D eigenvalue weighted by Gasteiger charge is -2.01. The summed E-state index contributed by atoms with van der Waals surface area (Å²) in [6.07, 6.45) is 3.84. The van der Waals surface area contributed by atoms with E-state index in [1.54, 1.807) is 0 Å². The SMILES string of the molecule is CCOC(=O)C1[C@@H]2CCC[C@@H]12. The summed E-state index contributed by atoms with van der Waals surface area (Å²) in [7, 11) is 0. The molecule has 0 bridgehead atoms. The summed E-state index contributed by atoms with van der Waals surface area (Å²) in [6, 6.07) is 0. The van der Waals surface area contributed by atoms with E-state index in [1.807, 2.05) is 6.92 Å². The molecule has 2 saturated carbocycles. The Morgan fingerprint density at radius 1 is 1.45 bits per heavy atom. The Balaban J connectivity index is 1.85. The van der Waals surface area contributed by atoms with Crippen LogP contribution >= 0.6 is 0 Å². The molecule has 62 valence electrons. The largest absolute Gasteiger partial charge is 0.466 e. The van der Waals surface area contributed by atoms with Crippen molar-refractivity contribution in [2.75, 3.05) is 6.61 Å². The Morgan fingerprint density at radius 3 is 2.64 bits per heavy atom. The van der Waals surface area contributed by atoms with Crippen molar-refractivity contribution in [3.8, 4) is 0 Å². The summed E-state index contributed by atoms with van der Waals surface area (Å²) >= 11 is 0. The van der Waals surface area contributed by atoms with Crippen LogP contribution in [0.4, 0.5) is 0 Å². The number of rotatable bonds is 2. The third-order valence-electron chi connectivity index (χ3n) is 2.97. The number of fused-ring (bicyclic) bond motifs is 1. The van der Waals surface area contributed by atoms with Gasteiger partial charge in [0.25, 0.3) is 0 Å². The summed E-state index contributed by atoms with van der Waals surface area (Å²) in [5.41, 5.74) is 0. The van der Waals surface area contributed by atoms with E-state index < -0.39 is 0 Å². The maximum absolute atomic E-state index is 11.2. The van der Waals surface area contributed by atoms with E-state index in [-0.39, 0.29) is 5.97 Å². The maximum atomic E-state index is 11.2. The van der Waals surface area contributed by atoms with Crippen LogP contribution in [0.3, 0.4) is 0 Å². The van der Waals surface area contributed by atoms with Gasteiger partial charge in [-0.2, -0.15) is 0 Å². The lowest BCUT2D eigenvalue weighted by atomic mass is 10.1. The molecule has 0 aromatic rings. The second-order valence-corrected chi connectivity index (χ2v) is 3.54. The molecule has 0 aliphatic heterocycles. The first-order valence-electron chi connectivity index (χ1n) is 4.51. The molecule has 2 aliphatic rings. The van der Waals surface area contributed by atoms with Crippen molar-refractivity contribution >= 4 is 5.97 Å². The number of carbonyl (C=O) groups is 1. The summed E-state index contributed by atoms with van der Waals surface area (Å²) in [5, 5.41) is 0. The van der Waals surface area contributed by atoms with Crippen molar-refractivity contribution in [1.29, 1.82) is 0 Å². The normalized spacial score (nSPS) is 39.9. The Labute approximate surface area is 66.9 Å². The summed E-state index contributed by atoms with van der Waals surface area (Å²) < 4.78 is 4.96. The molecule has 2 atom stereocenters. The van der Waals surface area contributed by atoms with Crippen molar-refractivity contribution in [1.82, 2.24) is 0 Å². The van der Waals surface area contributed by atoms with Crippen LogP contribution in [0, 0.1) is 17.8 Å². The molecule has 2 rings (SSSR count). The molecule has 2 heteroatoms. The lowest BCUT2D eigenvalue weighted by Crippen LogP contribution is -2.09. The highest BCUT2D eigenvalue weighted by Gasteiger charge is 2.57. The fourth-order valence-corrected chi connectivity index (χ4v) is 2.41. The zero-order chi connectivity index (χ0) is 7.84. The molecule has 0 aromatic heterocycles. The molecular formula is C9H14O2. The van der Waals surface area contributed by atoms with Gasteiger partial charge in [0.05, 0.1) is 12.5 Å². The molecule has 11 heavy (non-hydrogen) atoms. The number of ether oxygens (including phenoxy) is 1. The van der Waals surface area contributed by atoms with Gasteiger partial charge in [0.2, 0.25) is 0 Å². The Hall–Kier alpha value is -0.530. The molecule has 2 fully saturated rings. The molecular weight excluding hydrogens is 140 g/mol. The average Bonchev–Trinajstić information content (AvgIpc) is 2.47. The van der Waals surface area contributed by atoms with Crippen LogP contribution in [0.25, 0.3) is 0 Å². The van der Waals surface area contributed by atoms with Crippen LogP contribution in [0.15, 0.2) is 0 Å². The molecule has 2 aliphatic carbocycles. The van der Waals surface area contributed by atoms with Crippen molar-refractivity contribution in [3.05, 3.63) is 0 Å². The van der Waals surface area contributed by atoms with Gasteiger partial charge in [-0.3, -0.25) is 4.79 Å². The quantitative estimate of drug-likeness (QED) is 0.565. The van der Waals surface area contributed by atoms with Gasteiger partial charge >= 0.3 is 5.97 Å². The lowest BCUT2D eigenvalue weighted by molar-refractivity contribution is -0.145. The van der Waals surface area contributed by atoms with Crippen LogP contribution in [0.1, 0.15) is 26.2 Å². The smallest absolute Gasteiger partial charge is 0.309 e. The zero-order valence-corrected chi connectivity index (χ0v) is 6.88. The Kier molecular flexibility index (Phi) is 1.63. The Morgan fingerprint density at radius 2 is 2.09 bits per heavy atom. The highest BCUT2D eigenvalue weighted by molar-refractivity contribution is 5.76. The van der Waals surface area contributed by atoms with Crippen molar-refractivity contribution in [3.63, 3.8) is 0 Å². The first kappa shape index (κ1) is 7.14. The molecule has 2 nitrogen and oxygen atoms in total. The van der Waals surface area contributed by atoms with Gasteiger partial charge in [-0.05, 0) is 31.6 Å². The van der Waals surface area contributed by atoms with Crippen LogP contribution in [-0.2, 0) is 9.53 Å². The number of hydrogen-bond acceptors (Lipinski definition) is 2. The molecule has 0 amide bonds. The monoisotopic (exact) mass is 154 g/mol. The fraction of sp³-hybridized carbons (Fsp3) is 0.889. The van der Waals surface area contributed by atoms with E-state index in [0.29, 0.717) is 24.4 Å². The van der Waals surface area contributed by atoms with E-state index in [1.165, 1.54) is 19.3 Å². The van der Waals surface area contributed by atoms with Gasteiger partial charge in [0.1, 0.15) is 0 Å². The molecule has 0 saturated heterocycles. The van der Waals surface area contributed by atoms with E-state index in [0.717, 1.165) is 0 Å².